The van der Waals surface area contributed by atoms with E-state index in [0.717, 1.165) is 0 Å². The number of anilines is 1. The molecule has 0 saturated carbocycles. The van der Waals surface area contributed by atoms with Crippen LogP contribution in [-0.4, -0.2) is 43.5 Å². The highest BCUT2D eigenvalue weighted by molar-refractivity contribution is 6.12. The molecular formula is C20H17FN2O6. The zero-order valence-corrected chi connectivity index (χ0v) is 15.2. The molecular weight excluding hydrogens is 383 g/mol. The van der Waals surface area contributed by atoms with Crippen molar-refractivity contribution < 1.29 is 33.0 Å². The van der Waals surface area contributed by atoms with Crippen molar-refractivity contribution in [2.45, 2.75) is 0 Å². The van der Waals surface area contributed by atoms with Crippen LogP contribution in [0.5, 0.6) is 5.75 Å². The molecule has 3 N–H and O–H groups in total. The van der Waals surface area contributed by atoms with Crippen molar-refractivity contribution in [2.24, 2.45) is 5.73 Å². The summed E-state index contributed by atoms with van der Waals surface area (Å²) in [6.45, 7) is 2.21. The minimum absolute atomic E-state index is 0.0704. The average molecular weight is 400 g/mol. The number of ether oxygens (including phenoxy) is 2. The summed E-state index contributed by atoms with van der Waals surface area (Å²) in [6.07, 6.45) is -1.27. The first-order valence-corrected chi connectivity index (χ1v) is 8.84. The normalized spacial score (nSPS) is 14.2. The Labute approximate surface area is 164 Å². The Kier molecular flexibility index (Phi) is 4.81. The number of esters is 1. The lowest BCUT2D eigenvalue weighted by Gasteiger charge is -2.29. The molecule has 3 aromatic rings. The summed E-state index contributed by atoms with van der Waals surface area (Å²) in [4.78, 5) is 25.5. The van der Waals surface area contributed by atoms with Crippen molar-refractivity contribution in [2.75, 3.05) is 31.2 Å². The topological polar surface area (TPSA) is 115 Å². The second-order valence-electron chi connectivity index (χ2n) is 6.46. The van der Waals surface area contributed by atoms with E-state index in [1.54, 1.807) is 6.07 Å². The lowest BCUT2D eigenvalue weighted by molar-refractivity contribution is 0.0640. The number of amides is 1. The second-order valence-corrected chi connectivity index (χ2v) is 6.46. The van der Waals surface area contributed by atoms with E-state index in [1.807, 2.05) is 4.90 Å². The van der Waals surface area contributed by atoms with Gasteiger partial charge in [-0.3, -0.25) is 0 Å². The van der Waals surface area contributed by atoms with Crippen molar-refractivity contribution in [1.82, 2.24) is 0 Å². The number of nitrogens with zero attached hydrogens (tertiary/aromatic N) is 1. The van der Waals surface area contributed by atoms with E-state index >= 15 is 0 Å². The average Bonchev–Trinajstić information content (AvgIpc) is 3.06. The molecule has 1 amide bonds. The Bertz CT molecular complexity index is 1090. The van der Waals surface area contributed by atoms with E-state index < -0.39 is 17.9 Å². The number of furan rings is 1. The summed E-state index contributed by atoms with van der Waals surface area (Å²) in [5.74, 6) is -1.49. The van der Waals surface area contributed by atoms with Gasteiger partial charge in [0.1, 0.15) is 28.5 Å². The van der Waals surface area contributed by atoms with Gasteiger partial charge in [0.15, 0.2) is 0 Å². The largest absolute Gasteiger partial charge is 0.506 e. The van der Waals surface area contributed by atoms with Crippen molar-refractivity contribution in [3.05, 3.63) is 47.8 Å². The Hall–Kier alpha value is -3.59. The summed E-state index contributed by atoms with van der Waals surface area (Å²) in [5.41, 5.74) is 6.09. The van der Waals surface area contributed by atoms with E-state index in [2.05, 4.69) is 4.74 Å². The SMILES string of the molecule is NC(=O)OC(=O)c1c(-c2ccc(F)cc2)oc2cc(N3CCOCC3)c(O)cc12. The number of hydrogen-bond acceptors (Lipinski definition) is 7. The molecule has 150 valence electrons. The number of carbonyl (C=O) groups is 2. The van der Waals surface area contributed by atoms with Gasteiger partial charge in [0.05, 0.1) is 18.9 Å². The van der Waals surface area contributed by atoms with Crippen LogP contribution < -0.4 is 10.6 Å². The van der Waals surface area contributed by atoms with Crippen LogP contribution in [0.4, 0.5) is 14.9 Å². The lowest BCUT2D eigenvalue weighted by Crippen LogP contribution is -2.36. The Morgan fingerprint density at radius 1 is 1.14 bits per heavy atom. The number of halogens is 1. The molecule has 1 aromatic heterocycles. The number of carbonyl (C=O) groups excluding carboxylic acids is 2. The summed E-state index contributed by atoms with van der Waals surface area (Å²) in [6, 6.07) is 8.25. The highest BCUT2D eigenvalue weighted by Gasteiger charge is 2.27. The Morgan fingerprint density at radius 3 is 2.48 bits per heavy atom. The Balaban J connectivity index is 1.89. The van der Waals surface area contributed by atoms with Gasteiger partial charge in [-0.15, -0.1) is 0 Å². The fourth-order valence-corrected chi connectivity index (χ4v) is 3.33. The van der Waals surface area contributed by atoms with Crippen LogP contribution in [0.3, 0.4) is 0 Å². The molecule has 0 atom stereocenters. The van der Waals surface area contributed by atoms with Crippen LogP contribution in [0.1, 0.15) is 10.4 Å². The molecule has 0 aliphatic carbocycles. The number of nitrogens with two attached hydrogens (primary N) is 1. The number of rotatable bonds is 3. The molecule has 0 radical (unpaired) electrons. The predicted molar refractivity (Wildman–Crippen MR) is 101 cm³/mol. The number of phenolic OH excluding ortho intramolecular Hbond substituents is 1. The van der Waals surface area contributed by atoms with E-state index in [0.29, 0.717) is 43.1 Å². The smallest absolute Gasteiger partial charge is 0.412 e. The van der Waals surface area contributed by atoms with Crippen molar-refractivity contribution in [3.63, 3.8) is 0 Å². The lowest BCUT2D eigenvalue weighted by atomic mass is 10.0. The minimum Gasteiger partial charge on any atom is -0.506 e. The molecule has 9 heteroatoms. The van der Waals surface area contributed by atoms with Gasteiger partial charge in [0.25, 0.3) is 0 Å². The van der Waals surface area contributed by atoms with Crippen LogP contribution >= 0.6 is 0 Å². The van der Waals surface area contributed by atoms with E-state index in [-0.39, 0.29) is 22.5 Å². The number of hydrogen-bond donors (Lipinski definition) is 2. The summed E-state index contributed by atoms with van der Waals surface area (Å²) < 4.78 is 29.0. The van der Waals surface area contributed by atoms with Crippen LogP contribution in [0.2, 0.25) is 0 Å². The third-order valence-electron chi connectivity index (χ3n) is 4.64. The van der Waals surface area contributed by atoms with Gasteiger partial charge < -0.3 is 29.6 Å². The highest BCUT2D eigenvalue weighted by atomic mass is 19.1. The summed E-state index contributed by atoms with van der Waals surface area (Å²) in [5, 5.41) is 10.8. The highest BCUT2D eigenvalue weighted by Crippen LogP contribution is 2.40. The molecule has 0 spiro atoms. The summed E-state index contributed by atoms with van der Waals surface area (Å²) >= 11 is 0. The van der Waals surface area contributed by atoms with Crippen LogP contribution in [0, 0.1) is 5.82 Å². The fraction of sp³-hybridized carbons (Fsp3) is 0.200. The van der Waals surface area contributed by atoms with Gasteiger partial charge in [-0.2, -0.15) is 0 Å². The molecule has 0 unspecified atom stereocenters. The van der Waals surface area contributed by atoms with E-state index in [9.17, 15) is 19.1 Å². The number of benzene rings is 2. The monoisotopic (exact) mass is 400 g/mol. The van der Waals surface area contributed by atoms with Gasteiger partial charge in [-0.05, 0) is 30.3 Å². The first-order chi connectivity index (χ1) is 13.9. The zero-order chi connectivity index (χ0) is 20.5. The Morgan fingerprint density at radius 2 is 1.83 bits per heavy atom. The molecule has 1 aliphatic heterocycles. The number of primary amides is 1. The predicted octanol–water partition coefficient (Wildman–Crippen LogP) is 3.02. The minimum atomic E-state index is -1.27. The van der Waals surface area contributed by atoms with E-state index in [4.69, 9.17) is 14.9 Å². The van der Waals surface area contributed by atoms with Gasteiger partial charge in [0.2, 0.25) is 0 Å². The van der Waals surface area contributed by atoms with E-state index in [1.165, 1.54) is 30.3 Å². The molecule has 1 fully saturated rings. The molecule has 8 nitrogen and oxygen atoms in total. The number of morpholine rings is 1. The molecule has 1 aliphatic rings. The van der Waals surface area contributed by atoms with Crippen molar-refractivity contribution in [1.29, 1.82) is 0 Å². The summed E-state index contributed by atoms with van der Waals surface area (Å²) in [7, 11) is 0. The van der Waals surface area contributed by atoms with Gasteiger partial charge in [-0.1, -0.05) is 0 Å². The second kappa shape index (κ2) is 7.44. The van der Waals surface area contributed by atoms with Gasteiger partial charge in [0, 0.05) is 30.1 Å². The third-order valence-corrected chi connectivity index (χ3v) is 4.64. The van der Waals surface area contributed by atoms with Gasteiger partial charge in [-0.25, -0.2) is 14.0 Å². The zero-order valence-electron chi connectivity index (χ0n) is 15.2. The van der Waals surface area contributed by atoms with Crippen molar-refractivity contribution in [3.8, 4) is 17.1 Å². The van der Waals surface area contributed by atoms with Crippen molar-refractivity contribution >= 4 is 28.7 Å². The molecule has 2 aromatic carbocycles. The maximum absolute atomic E-state index is 13.3. The van der Waals surface area contributed by atoms with Gasteiger partial charge >= 0.3 is 12.1 Å². The molecule has 29 heavy (non-hydrogen) atoms. The fourth-order valence-electron chi connectivity index (χ4n) is 3.33. The maximum atomic E-state index is 13.3. The number of fused-ring (bicyclic) bond motifs is 1. The molecule has 4 rings (SSSR count). The molecule has 1 saturated heterocycles. The molecule has 0 bridgehead atoms. The first-order valence-electron chi connectivity index (χ1n) is 8.84. The van der Waals surface area contributed by atoms with Crippen LogP contribution in [0.25, 0.3) is 22.3 Å². The number of phenols is 1. The maximum Gasteiger partial charge on any atom is 0.412 e. The third kappa shape index (κ3) is 3.59. The molecule has 2 heterocycles. The van der Waals surface area contributed by atoms with Crippen LogP contribution in [0.15, 0.2) is 40.8 Å². The van der Waals surface area contributed by atoms with Crippen LogP contribution in [-0.2, 0) is 9.47 Å². The first kappa shape index (κ1) is 18.8. The number of aromatic hydroxyl groups is 1. The standard InChI is InChI=1S/C20H17FN2O6/c21-12-3-1-11(2-4-12)18-17(19(25)29-20(22)26)13-9-15(24)14(10-16(13)28-18)23-5-7-27-8-6-23/h1-4,9-10,24H,5-8H2,(H2,22,26). The quantitative estimate of drug-likeness (QED) is 0.513.